The van der Waals surface area contributed by atoms with Crippen LogP contribution in [0.3, 0.4) is 0 Å². The minimum Gasteiger partial charge on any atom is -0.334 e. The number of nitrogens with zero attached hydrogens (tertiary/aromatic N) is 1. The van der Waals surface area contributed by atoms with Gasteiger partial charge in [0, 0.05) is 18.9 Å². The highest BCUT2D eigenvalue weighted by molar-refractivity contribution is 7.91. The van der Waals surface area contributed by atoms with Gasteiger partial charge in [-0.15, -0.1) is 0 Å². The average molecular weight is 367 g/mol. The first-order valence-corrected chi connectivity index (χ1v) is 9.38. The van der Waals surface area contributed by atoms with Crippen molar-refractivity contribution in [1.29, 1.82) is 0 Å². The van der Waals surface area contributed by atoms with Crippen molar-refractivity contribution in [3.05, 3.63) is 84.7 Å². The van der Waals surface area contributed by atoms with Crippen LogP contribution >= 0.6 is 0 Å². The van der Waals surface area contributed by atoms with Gasteiger partial charge in [-0.25, -0.2) is 13.2 Å². The minimum absolute atomic E-state index is 0.0465. The minimum atomic E-state index is -3.73. The van der Waals surface area contributed by atoms with E-state index >= 15 is 0 Å². The Labute approximate surface area is 151 Å². The monoisotopic (exact) mass is 367 g/mol. The highest BCUT2D eigenvalue weighted by Gasteiger charge is 2.21. The Morgan fingerprint density at radius 2 is 1.54 bits per heavy atom. The van der Waals surface area contributed by atoms with Crippen molar-refractivity contribution < 1.29 is 13.2 Å². The number of rotatable bonds is 5. The van der Waals surface area contributed by atoms with E-state index in [4.69, 9.17) is 0 Å². The van der Waals surface area contributed by atoms with E-state index in [-0.39, 0.29) is 15.5 Å². The molecule has 2 N–H and O–H groups in total. The lowest BCUT2D eigenvalue weighted by Crippen LogP contribution is -2.28. The number of urea groups is 1. The summed E-state index contributed by atoms with van der Waals surface area (Å²) in [4.78, 5) is 16.3. The number of para-hydroxylation sites is 1. The Morgan fingerprint density at radius 1 is 0.885 bits per heavy atom. The number of carbonyl (C=O) groups excluding carboxylic acids is 1. The summed E-state index contributed by atoms with van der Waals surface area (Å²) in [5.74, 6) is 0. The maximum Gasteiger partial charge on any atom is 0.319 e. The van der Waals surface area contributed by atoms with E-state index in [0.29, 0.717) is 6.54 Å². The standard InChI is InChI=1S/C19H17N3O3S/c23-19(21-14-15-10-12-20-13-11-15)22-17-8-4-5-9-18(17)26(24,25)16-6-2-1-3-7-16/h1-13H,14H2,(H2,21,22,23). The summed E-state index contributed by atoms with van der Waals surface area (Å²) < 4.78 is 25.7. The van der Waals surface area contributed by atoms with E-state index in [0.717, 1.165) is 5.56 Å². The number of aromatic nitrogens is 1. The molecule has 2 aromatic carbocycles. The first-order valence-electron chi connectivity index (χ1n) is 7.90. The van der Waals surface area contributed by atoms with Crippen molar-refractivity contribution in [3.8, 4) is 0 Å². The molecule has 1 heterocycles. The third-order valence-electron chi connectivity index (χ3n) is 3.68. The van der Waals surface area contributed by atoms with Crippen LogP contribution in [0.1, 0.15) is 5.56 Å². The van der Waals surface area contributed by atoms with Gasteiger partial charge in [-0.2, -0.15) is 0 Å². The molecule has 0 aliphatic rings. The lowest BCUT2D eigenvalue weighted by atomic mass is 10.3. The molecular formula is C19H17N3O3S. The first kappa shape index (κ1) is 17.6. The largest absolute Gasteiger partial charge is 0.334 e. The van der Waals surface area contributed by atoms with Gasteiger partial charge in [0.15, 0.2) is 0 Å². The molecule has 3 rings (SSSR count). The quantitative estimate of drug-likeness (QED) is 0.725. The number of amides is 2. The fourth-order valence-corrected chi connectivity index (χ4v) is 3.82. The fraction of sp³-hybridized carbons (Fsp3) is 0.0526. The SMILES string of the molecule is O=C(NCc1ccncc1)Nc1ccccc1S(=O)(=O)c1ccccc1. The average Bonchev–Trinajstić information content (AvgIpc) is 2.68. The van der Waals surface area contributed by atoms with Gasteiger partial charge in [-0.05, 0) is 42.0 Å². The number of hydrogen-bond donors (Lipinski definition) is 2. The smallest absolute Gasteiger partial charge is 0.319 e. The molecule has 0 saturated carbocycles. The molecule has 0 bridgehead atoms. The molecule has 0 aliphatic heterocycles. The van der Waals surface area contributed by atoms with Crippen LogP contribution in [0.2, 0.25) is 0 Å². The molecule has 7 heteroatoms. The Morgan fingerprint density at radius 3 is 2.27 bits per heavy atom. The highest BCUT2D eigenvalue weighted by Crippen LogP contribution is 2.27. The number of pyridine rings is 1. The molecule has 132 valence electrons. The van der Waals surface area contributed by atoms with Gasteiger partial charge in [0.25, 0.3) is 0 Å². The lowest BCUT2D eigenvalue weighted by Gasteiger charge is -2.12. The van der Waals surface area contributed by atoms with Crippen molar-refractivity contribution in [3.63, 3.8) is 0 Å². The molecule has 0 atom stereocenters. The summed E-state index contributed by atoms with van der Waals surface area (Å²) in [6, 6.07) is 17.5. The predicted molar refractivity (Wildman–Crippen MR) is 98.4 cm³/mol. The Balaban J connectivity index is 1.78. The number of hydrogen-bond acceptors (Lipinski definition) is 4. The summed E-state index contributed by atoms with van der Waals surface area (Å²) in [5.41, 5.74) is 1.11. The molecule has 3 aromatic rings. The van der Waals surface area contributed by atoms with Crippen LogP contribution in [0.25, 0.3) is 0 Å². The molecule has 2 amide bonds. The van der Waals surface area contributed by atoms with Crippen LogP contribution in [0, 0.1) is 0 Å². The molecular weight excluding hydrogens is 350 g/mol. The molecule has 0 spiro atoms. The summed E-state index contributed by atoms with van der Waals surface area (Å²) in [7, 11) is -3.73. The molecule has 0 saturated heterocycles. The Hall–Kier alpha value is -3.19. The van der Waals surface area contributed by atoms with E-state index in [1.165, 1.54) is 18.2 Å². The second kappa shape index (κ2) is 7.79. The van der Waals surface area contributed by atoms with Crippen molar-refractivity contribution in [2.75, 3.05) is 5.32 Å². The van der Waals surface area contributed by atoms with Crippen LogP contribution in [0.15, 0.2) is 88.9 Å². The maximum absolute atomic E-state index is 12.8. The van der Waals surface area contributed by atoms with E-state index < -0.39 is 15.9 Å². The molecule has 0 radical (unpaired) electrons. The zero-order valence-electron chi connectivity index (χ0n) is 13.8. The highest BCUT2D eigenvalue weighted by atomic mass is 32.2. The van der Waals surface area contributed by atoms with Gasteiger partial charge in [-0.3, -0.25) is 4.98 Å². The second-order valence-corrected chi connectivity index (χ2v) is 7.39. The van der Waals surface area contributed by atoms with Gasteiger partial charge in [0.05, 0.1) is 15.5 Å². The van der Waals surface area contributed by atoms with Crippen molar-refractivity contribution in [1.82, 2.24) is 10.3 Å². The van der Waals surface area contributed by atoms with Crippen LogP contribution < -0.4 is 10.6 Å². The molecule has 0 unspecified atom stereocenters. The van der Waals surface area contributed by atoms with Crippen LogP contribution in [-0.4, -0.2) is 19.4 Å². The van der Waals surface area contributed by atoms with E-state index in [1.54, 1.807) is 60.9 Å². The third kappa shape index (κ3) is 4.07. The first-order chi connectivity index (χ1) is 12.6. The van der Waals surface area contributed by atoms with Crippen LogP contribution in [0.4, 0.5) is 10.5 Å². The Kier molecular flexibility index (Phi) is 5.28. The van der Waals surface area contributed by atoms with Gasteiger partial charge in [0.2, 0.25) is 9.84 Å². The molecule has 6 nitrogen and oxygen atoms in total. The van der Waals surface area contributed by atoms with E-state index in [2.05, 4.69) is 15.6 Å². The molecule has 0 aliphatic carbocycles. The molecule has 1 aromatic heterocycles. The summed E-state index contributed by atoms with van der Waals surface area (Å²) in [6.07, 6.45) is 3.27. The number of benzene rings is 2. The summed E-state index contributed by atoms with van der Waals surface area (Å²) in [6.45, 7) is 0.307. The van der Waals surface area contributed by atoms with Gasteiger partial charge < -0.3 is 10.6 Å². The molecule has 26 heavy (non-hydrogen) atoms. The number of sulfone groups is 1. The van der Waals surface area contributed by atoms with Crippen LogP contribution in [-0.2, 0) is 16.4 Å². The zero-order valence-corrected chi connectivity index (χ0v) is 14.6. The van der Waals surface area contributed by atoms with Crippen molar-refractivity contribution in [2.45, 2.75) is 16.3 Å². The van der Waals surface area contributed by atoms with Crippen LogP contribution in [0.5, 0.6) is 0 Å². The number of nitrogens with one attached hydrogen (secondary N) is 2. The van der Waals surface area contributed by atoms with E-state index in [1.807, 2.05) is 0 Å². The summed E-state index contributed by atoms with van der Waals surface area (Å²) >= 11 is 0. The van der Waals surface area contributed by atoms with Gasteiger partial charge in [-0.1, -0.05) is 30.3 Å². The van der Waals surface area contributed by atoms with Gasteiger partial charge >= 0.3 is 6.03 Å². The third-order valence-corrected chi connectivity index (χ3v) is 5.51. The number of anilines is 1. The molecule has 0 fully saturated rings. The predicted octanol–water partition coefficient (Wildman–Crippen LogP) is 3.24. The maximum atomic E-state index is 12.8. The number of carbonyl (C=O) groups is 1. The zero-order chi connectivity index (χ0) is 18.4. The lowest BCUT2D eigenvalue weighted by molar-refractivity contribution is 0.251. The fourth-order valence-electron chi connectivity index (χ4n) is 2.38. The second-order valence-electron chi connectivity index (χ2n) is 5.48. The van der Waals surface area contributed by atoms with E-state index in [9.17, 15) is 13.2 Å². The summed E-state index contributed by atoms with van der Waals surface area (Å²) in [5, 5.41) is 5.31. The van der Waals surface area contributed by atoms with Gasteiger partial charge in [0.1, 0.15) is 0 Å². The Bertz CT molecular complexity index is 991. The topological polar surface area (TPSA) is 88.2 Å². The van der Waals surface area contributed by atoms with Crippen molar-refractivity contribution in [2.24, 2.45) is 0 Å². The van der Waals surface area contributed by atoms with Crippen molar-refractivity contribution >= 4 is 21.6 Å². The normalized spacial score (nSPS) is 10.9.